The number of benzene rings is 1. The zero-order valence-electron chi connectivity index (χ0n) is 11.4. The monoisotopic (exact) mass is 308 g/mol. The Morgan fingerprint density at radius 1 is 1.29 bits per heavy atom. The molecule has 1 aromatic carbocycles. The number of thiocarbonyl (C=S) groups is 1. The minimum Gasteiger partial charge on any atom is -0.481 e. The summed E-state index contributed by atoms with van der Waals surface area (Å²) < 4.78 is 0. The molecule has 1 aromatic rings. The van der Waals surface area contributed by atoms with Gasteiger partial charge in [0.1, 0.15) is 0 Å². The van der Waals surface area contributed by atoms with Crippen LogP contribution in [0.2, 0.25) is 0 Å². The van der Waals surface area contributed by atoms with Crippen LogP contribution in [-0.4, -0.2) is 27.8 Å². The zero-order valence-corrected chi connectivity index (χ0v) is 12.2. The van der Waals surface area contributed by atoms with Gasteiger partial charge in [-0.25, -0.2) is 0 Å². The number of carbonyl (C=O) groups excluding carboxylic acids is 1. The van der Waals surface area contributed by atoms with Crippen molar-refractivity contribution in [2.24, 2.45) is 10.8 Å². The van der Waals surface area contributed by atoms with Gasteiger partial charge in [-0.3, -0.25) is 15.0 Å². The third-order valence-electron chi connectivity index (χ3n) is 2.49. The van der Waals surface area contributed by atoms with Crippen LogP contribution in [0.15, 0.2) is 29.4 Å². The van der Waals surface area contributed by atoms with Crippen LogP contribution in [-0.2, 0) is 9.59 Å². The average molecular weight is 308 g/mol. The van der Waals surface area contributed by atoms with E-state index in [-0.39, 0.29) is 23.9 Å². The third kappa shape index (κ3) is 6.48. The van der Waals surface area contributed by atoms with E-state index in [9.17, 15) is 9.59 Å². The van der Waals surface area contributed by atoms with E-state index in [2.05, 4.69) is 28.1 Å². The largest absolute Gasteiger partial charge is 0.481 e. The Hall–Kier alpha value is -2.48. The van der Waals surface area contributed by atoms with Gasteiger partial charge >= 0.3 is 5.97 Å². The Labute approximate surface area is 127 Å². The molecule has 0 radical (unpaired) electrons. The molecular formula is C13H16N4O3S. The Bertz CT molecular complexity index is 569. The molecule has 5 N–H and O–H groups in total. The predicted molar refractivity (Wildman–Crippen MR) is 84.1 cm³/mol. The van der Waals surface area contributed by atoms with E-state index in [1.807, 2.05) is 0 Å². The molecule has 0 bridgehead atoms. The maximum absolute atomic E-state index is 11.5. The van der Waals surface area contributed by atoms with Crippen molar-refractivity contribution in [3.8, 4) is 0 Å². The molecule has 8 heteroatoms. The van der Waals surface area contributed by atoms with Crippen molar-refractivity contribution in [2.45, 2.75) is 19.8 Å². The lowest BCUT2D eigenvalue weighted by atomic mass is 10.1. The summed E-state index contributed by atoms with van der Waals surface area (Å²) >= 11 is 4.65. The minimum atomic E-state index is -1.00. The minimum absolute atomic E-state index is 0.0601. The summed E-state index contributed by atoms with van der Waals surface area (Å²) in [4.78, 5) is 21.8. The van der Waals surface area contributed by atoms with E-state index >= 15 is 0 Å². The van der Waals surface area contributed by atoms with Crippen molar-refractivity contribution in [3.63, 3.8) is 0 Å². The zero-order chi connectivity index (χ0) is 15.8. The Kier molecular flexibility index (Phi) is 6.28. The summed E-state index contributed by atoms with van der Waals surface area (Å²) in [6.45, 7) is 1.78. The normalized spacial score (nSPS) is 10.8. The second kappa shape index (κ2) is 7.95. The van der Waals surface area contributed by atoms with Gasteiger partial charge in [-0.2, -0.15) is 5.10 Å². The third-order valence-corrected chi connectivity index (χ3v) is 2.58. The van der Waals surface area contributed by atoms with Crippen LogP contribution in [0.4, 0.5) is 5.69 Å². The van der Waals surface area contributed by atoms with Crippen LogP contribution in [0, 0.1) is 0 Å². The molecule has 0 heterocycles. The first-order chi connectivity index (χ1) is 9.88. The van der Waals surface area contributed by atoms with Gasteiger partial charge in [0.2, 0.25) is 5.91 Å². The number of carbonyl (C=O) groups is 2. The Morgan fingerprint density at radius 3 is 2.43 bits per heavy atom. The summed E-state index contributed by atoms with van der Waals surface area (Å²) in [5.74, 6) is -1.34. The molecule has 112 valence electrons. The first kappa shape index (κ1) is 16.6. The number of carboxylic acid groups (broad SMARTS) is 1. The SMILES string of the molecule is C/C(=N\NC(N)=S)c1ccc(NC(=O)CCC(=O)O)cc1. The first-order valence-electron chi connectivity index (χ1n) is 6.10. The van der Waals surface area contributed by atoms with Crippen LogP contribution in [0.3, 0.4) is 0 Å². The Balaban J connectivity index is 2.61. The molecular weight excluding hydrogens is 292 g/mol. The topological polar surface area (TPSA) is 117 Å². The van der Waals surface area contributed by atoms with Gasteiger partial charge in [-0.15, -0.1) is 0 Å². The van der Waals surface area contributed by atoms with Crippen molar-refractivity contribution >= 4 is 40.6 Å². The van der Waals surface area contributed by atoms with Gasteiger partial charge in [0.05, 0.1) is 12.1 Å². The number of nitrogens with zero attached hydrogens (tertiary/aromatic N) is 1. The summed E-state index contributed by atoms with van der Waals surface area (Å²) in [6.07, 6.45) is -0.254. The standard InChI is InChI=1S/C13H16N4O3S/c1-8(16-17-13(14)21)9-2-4-10(5-3-9)15-11(18)6-7-12(19)20/h2-5H,6-7H2,1H3,(H,15,18)(H,19,20)(H3,14,17,21)/b16-8+. The molecule has 0 fully saturated rings. The average Bonchev–Trinajstić information content (AvgIpc) is 2.43. The summed E-state index contributed by atoms with van der Waals surface area (Å²) in [6, 6.07) is 6.95. The predicted octanol–water partition coefficient (Wildman–Crippen LogP) is 1.05. The molecule has 0 aliphatic rings. The molecule has 0 atom stereocenters. The molecule has 0 unspecified atom stereocenters. The molecule has 0 aliphatic heterocycles. The van der Waals surface area contributed by atoms with Crippen LogP contribution >= 0.6 is 12.2 Å². The summed E-state index contributed by atoms with van der Waals surface area (Å²) in [7, 11) is 0. The highest BCUT2D eigenvalue weighted by Gasteiger charge is 2.06. The van der Waals surface area contributed by atoms with Crippen molar-refractivity contribution in [2.75, 3.05) is 5.32 Å². The fourth-order valence-electron chi connectivity index (χ4n) is 1.44. The van der Waals surface area contributed by atoms with E-state index in [1.54, 1.807) is 31.2 Å². The smallest absolute Gasteiger partial charge is 0.303 e. The van der Waals surface area contributed by atoms with Gasteiger partial charge in [-0.1, -0.05) is 12.1 Å². The van der Waals surface area contributed by atoms with Crippen molar-refractivity contribution in [3.05, 3.63) is 29.8 Å². The lowest BCUT2D eigenvalue weighted by molar-refractivity contribution is -0.138. The number of nitrogens with one attached hydrogen (secondary N) is 2. The van der Waals surface area contributed by atoms with E-state index in [4.69, 9.17) is 10.8 Å². The van der Waals surface area contributed by atoms with Crippen LogP contribution < -0.4 is 16.5 Å². The number of carboxylic acids is 1. The molecule has 0 saturated heterocycles. The summed E-state index contributed by atoms with van der Waals surface area (Å²) in [5, 5.41) is 15.2. The number of aliphatic carboxylic acids is 1. The number of anilines is 1. The second-order valence-electron chi connectivity index (χ2n) is 4.19. The second-order valence-corrected chi connectivity index (χ2v) is 4.63. The van der Waals surface area contributed by atoms with Gasteiger partial charge in [-0.05, 0) is 36.8 Å². The van der Waals surface area contributed by atoms with Gasteiger partial charge in [0.25, 0.3) is 0 Å². The molecule has 7 nitrogen and oxygen atoms in total. The molecule has 21 heavy (non-hydrogen) atoms. The van der Waals surface area contributed by atoms with E-state index in [0.717, 1.165) is 5.56 Å². The highest BCUT2D eigenvalue weighted by Crippen LogP contribution is 2.11. The van der Waals surface area contributed by atoms with E-state index in [0.29, 0.717) is 11.4 Å². The van der Waals surface area contributed by atoms with Crippen LogP contribution in [0.5, 0.6) is 0 Å². The van der Waals surface area contributed by atoms with E-state index < -0.39 is 5.97 Å². The van der Waals surface area contributed by atoms with E-state index in [1.165, 1.54) is 0 Å². The van der Waals surface area contributed by atoms with Crippen molar-refractivity contribution in [1.29, 1.82) is 0 Å². The molecule has 0 aliphatic carbocycles. The number of nitrogens with two attached hydrogens (primary N) is 1. The molecule has 1 amide bonds. The lowest BCUT2D eigenvalue weighted by Crippen LogP contribution is -2.25. The highest BCUT2D eigenvalue weighted by molar-refractivity contribution is 7.80. The van der Waals surface area contributed by atoms with Crippen LogP contribution in [0.25, 0.3) is 0 Å². The first-order valence-corrected chi connectivity index (χ1v) is 6.51. The highest BCUT2D eigenvalue weighted by atomic mass is 32.1. The quantitative estimate of drug-likeness (QED) is 0.354. The number of hydrogen-bond acceptors (Lipinski definition) is 4. The number of amides is 1. The van der Waals surface area contributed by atoms with Gasteiger partial charge in [0, 0.05) is 12.1 Å². The van der Waals surface area contributed by atoms with Crippen LogP contribution in [0.1, 0.15) is 25.3 Å². The van der Waals surface area contributed by atoms with Gasteiger partial charge < -0.3 is 16.2 Å². The lowest BCUT2D eigenvalue weighted by Gasteiger charge is -2.06. The van der Waals surface area contributed by atoms with Crippen molar-refractivity contribution in [1.82, 2.24) is 5.43 Å². The number of hydrazone groups is 1. The molecule has 0 spiro atoms. The fourth-order valence-corrected chi connectivity index (χ4v) is 1.49. The maximum atomic E-state index is 11.5. The summed E-state index contributed by atoms with van der Waals surface area (Å²) in [5.41, 5.74) is 9.87. The van der Waals surface area contributed by atoms with Crippen molar-refractivity contribution < 1.29 is 14.7 Å². The molecule has 0 saturated carbocycles. The maximum Gasteiger partial charge on any atom is 0.303 e. The molecule has 0 aromatic heterocycles. The number of hydrogen-bond donors (Lipinski definition) is 4. The number of rotatable bonds is 6. The fraction of sp³-hybridized carbons (Fsp3) is 0.231. The Morgan fingerprint density at radius 2 is 1.90 bits per heavy atom. The molecule has 1 rings (SSSR count). The van der Waals surface area contributed by atoms with Gasteiger partial charge in [0.15, 0.2) is 5.11 Å².